The molecule has 0 unspecified atom stereocenters. The van der Waals surface area contributed by atoms with Gasteiger partial charge in [-0.25, -0.2) is 4.39 Å². The van der Waals surface area contributed by atoms with Gasteiger partial charge in [-0.3, -0.25) is 0 Å². The van der Waals surface area contributed by atoms with Gasteiger partial charge in [-0.2, -0.15) is 0 Å². The third kappa shape index (κ3) is 2.38. The molecule has 0 saturated heterocycles. The smallest absolute Gasteiger partial charge is 0.147 e. The molecule has 1 aromatic rings. The van der Waals surface area contributed by atoms with Gasteiger partial charge in [0, 0.05) is 10.7 Å². The van der Waals surface area contributed by atoms with Crippen molar-refractivity contribution in [2.45, 2.75) is 0 Å². The van der Waals surface area contributed by atoms with Crippen LogP contribution in [0.1, 0.15) is 0 Å². The summed E-state index contributed by atoms with van der Waals surface area (Å²) in [5, 5.41) is 0. The van der Waals surface area contributed by atoms with Crippen LogP contribution in [0.2, 0.25) is 0 Å². The van der Waals surface area contributed by atoms with Crippen LogP contribution in [-0.2, 0) is 0 Å². The molecule has 1 aromatic carbocycles. The third-order valence-electron chi connectivity index (χ3n) is 1.14. The lowest BCUT2D eigenvalue weighted by Crippen LogP contribution is -1.88. The molecule has 0 saturated carbocycles. The number of anilines is 1. The minimum atomic E-state index is -0.234. The summed E-state index contributed by atoms with van der Waals surface area (Å²) >= 11 is 4.62. The topological polar surface area (TPSA) is 12.0 Å². The van der Waals surface area contributed by atoms with Crippen LogP contribution in [0, 0.1) is 5.82 Å². The molecule has 0 aromatic heterocycles. The van der Waals surface area contributed by atoms with Crippen molar-refractivity contribution in [3.63, 3.8) is 0 Å². The normalized spacial score (nSPS) is 9.73. The molecule has 1 rings (SSSR count). The maximum atomic E-state index is 12.9. The lowest BCUT2D eigenvalue weighted by Gasteiger charge is -2.02. The summed E-state index contributed by atoms with van der Waals surface area (Å²) in [7, 11) is 0. The van der Waals surface area contributed by atoms with Crippen molar-refractivity contribution in [2.24, 2.45) is 0 Å². The first-order chi connectivity index (χ1) is 5.24. The molecule has 1 nitrogen and oxygen atoms in total. The van der Waals surface area contributed by atoms with Gasteiger partial charge in [-0.1, -0.05) is 27.9 Å². The number of rotatable bonds is 2. The maximum absolute atomic E-state index is 12.9. The highest BCUT2D eigenvalue weighted by Crippen LogP contribution is 2.21. The third-order valence-corrected chi connectivity index (χ3v) is 2.06. The monoisotopic (exact) mass is 235 g/mol. The van der Waals surface area contributed by atoms with Crippen molar-refractivity contribution in [1.82, 2.24) is 0 Å². The van der Waals surface area contributed by atoms with E-state index in [0.29, 0.717) is 5.69 Å². The Balaban J connectivity index is 2.93. The molecule has 0 aliphatic carbocycles. The minimum Gasteiger partial charge on any atom is -0.327 e. The fraction of sp³-hybridized carbons (Fsp3) is 0.143. The molecule has 0 atom stereocenters. The SMILES string of the molecule is CSNc1cc(Br)ccc1F. The minimum absolute atomic E-state index is 0.234. The second-order valence-corrected chi connectivity index (χ2v) is 3.46. The van der Waals surface area contributed by atoms with E-state index in [1.54, 1.807) is 12.1 Å². The van der Waals surface area contributed by atoms with E-state index >= 15 is 0 Å². The zero-order chi connectivity index (χ0) is 8.27. The van der Waals surface area contributed by atoms with E-state index < -0.39 is 0 Å². The standard InChI is InChI=1S/C7H7BrFNS/c1-11-10-7-4-5(8)2-3-6(7)9/h2-4,10H,1H3. The van der Waals surface area contributed by atoms with E-state index in [1.807, 2.05) is 6.26 Å². The van der Waals surface area contributed by atoms with Crippen LogP contribution in [-0.4, -0.2) is 6.26 Å². The first-order valence-electron chi connectivity index (χ1n) is 2.98. The Bertz CT molecular complexity index is 254. The van der Waals surface area contributed by atoms with Crippen molar-refractivity contribution in [2.75, 3.05) is 11.0 Å². The van der Waals surface area contributed by atoms with Crippen molar-refractivity contribution in [1.29, 1.82) is 0 Å². The van der Waals surface area contributed by atoms with Gasteiger partial charge in [0.1, 0.15) is 5.82 Å². The summed E-state index contributed by atoms with van der Waals surface area (Å²) in [4.78, 5) is 0. The number of benzene rings is 1. The van der Waals surface area contributed by atoms with E-state index in [-0.39, 0.29) is 5.82 Å². The molecular formula is C7H7BrFNS. The lowest BCUT2D eigenvalue weighted by molar-refractivity contribution is 0.632. The Morgan fingerprint density at radius 3 is 2.91 bits per heavy atom. The second kappa shape index (κ2) is 3.97. The van der Waals surface area contributed by atoms with Crippen LogP contribution < -0.4 is 4.72 Å². The molecule has 0 radical (unpaired) electrons. The van der Waals surface area contributed by atoms with Gasteiger partial charge in [0.25, 0.3) is 0 Å². The van der Waals surface area contributed by atoms with Gasteiger partial charge in [0.15, 0.2) is 0 Å². The zero-order valence-corrected chi connectivity index (χ0v) is 8.30. The van der Waals surface area contributed by atoms with E-state index in [4.69, 9.17) is 0 Å². The number of nitrogens with one attached hydrogen (secondary N) is 1. The van der Waals surface area contributed by atoms with Crippen LogP contribution in [0.5, 0.6) is 0 Å². The second-order valence-electron chi connectivity index (χ2n) is 1.93. The highest BCUT2D eigenvalue weighted by Gasteiger charge is 1.99. The predicted molar refractivity (Wildman–Crippen MR) is 51.2 cm³/mol. The summed E-state index contributed by atoms with van der Waals surface area (Å²) in [6.07, 6.45) is 1.85. The quantitative estimate of drug-likeness (QED) is 0.791. The molecule has 0 amide bonds. The van der Waals surface area contributed by atoms with Crippen LogP contribution in [0.4, 0.5) is 10.1 Å². The summed E-state index contributed by atoms with van der Waals surface area (Å²) in [5.74, 6) is -0.234. The van der Waals surface area contributed by atoms with E-state index in [9.17, 15) is 4.39 Å². The molecule has 60 valence electrons. The van der Waals surface area contributed by atoms with Gasteiger partial charge < -0.3 is 4.72 Å². The average molecular weight is 236 g/mol. The van der Waals surface area contributed by atoms with E-state index in [0.717, 1.165) is 4.47 Å². The van der Waals surface area contributed by atoms with Gasteiger partial charge in [0.2, 0.25) is 0 Å². The molecule has 0 aliphatic rings. The largest absolute Gasteiger partial charge is 0.327 e. The van der Waals surface area contributed by atoms with E-state index in [1.165, 1.54) is 18.0 Å². The van der Waals surface area contributed by atoms with Gasteiger partial charge in [0.05, 0.1) is 5.69 Å². The molecule has 0 aliphatic heterocycles. The van der Waals surface area contributed by atoms with Crippen LogP contribution in [0.25, 0.3) is 0 Å². The maximum Gasteiger partial charge on any atom is 0.147 e. The summed E-state index contributed by atoms with van der Waals surface area (Å²) < 4.78 is 16.6. The van der Waals surface area contributed by atoms with Crippen molar-refractivity contribution in [3.8, 4) is 0 Å². The molecule has 0 bridgehead atoms. The van der Waals surface area contributed by atoms with Crippen LogP contribution in [0.15, 0.2) is 22.7 Å². The number of hydrogen-bond donors (Lipinski definition) is 1. The van der Waals surface area contributed by atoms with Crippen molar-refractivity contribution >= 4 is 33.6 Å². The van der Waals surface area contributed by atoms with Crippen LogP contribution >= 0.6 is 27.9 Å². The first-order valence-corrected chi connectivity index (χ1v) is 5.00. The molecule has 4 heteroatoms. The molecule has 1 N–H and O–H groups in total. The Kier molecular flexibility index (Phi) is 3.20. The average Bonchev–Trinajstić information content (AvgIpc) is 1.98. The zero-order valence-electron chi connectivity index (χ0n) is 5.90. The van der Waals surface area contributed by atoms with Gasteiger partial charge >= 0.3 is 0 Å². The fourth-order valence-electron chi connectivity index (χ4n) is 0.686. The van der Waals surface area contributed by atoms with Crippen LogP contribution in [0.3, 0.4) is 0 Å². The highest BCUT2D eigenvalue weighted by molar-refractivity contribution is 9.10. The Labute approximate surface area is 77.6 Å². The molecule has 0 heterocycles. The fourth-order valence-corrected chi connectivity index (χ4v) is 1.42. The van der Waals surface area contributed by atoms with Crippen molar-refractivity contribution < 1.29 is 4.39 Å². The van der Waals surface area contributed by atoms with Gasteiger partial charge in [-0.15, -0.1) is 0 Å². The molecule has 0 fully saturated rings. The summed E-state index contributed by atoms with van der Waals surface area (Å²) in [5.41, 5.74) is 0.506. The first kappa shape index (κ1) is 8.87. The highest BCUT2D eigenvalue weighted by atomic mass is 79.9. The number of halogens is 2. The summed E-state index contributed by atoms with van der Waals surface area (Å²) in [6, 6.07) is 4.79. The van der Waals surface area contributed by atoms with E-state index in [2.05, 4.69) is 20.7 Å². The lowest BCUT2D eigenvalue weighted by atomic mass is 10.3. The molecule has 11 heavy (non-hydrogen) atoms. The molecule has 0 spiro atoms. The van der Waals surface area contributed by atoms with Gasteiger partial charge in [-0.05, 0) is 18.2 Å². The molecular weight excluding hydrogens is 229 g/mol. The number of hydrogen-bond acceptors (Lipinski definition) is 2. The van der Waals surface area contributed by atoms with Crippen molar-refractivity contribution in [3.05, 3.63) is 28.5 Å². The summed E-state index contributed by atoms with van der Waals surface area (Å²) in [6.45, 7) is 0. The Morgan fingerprint density at radius 1 is 1.55 bits per heavy atom. The Hall–Kier alpha value is -0.220. The predicted octanol–water partition coefficient (Wildman–Crippen LogP) is 3.28. The Morgan fingerprint density at radius 2 is 2.27 bits per heavy atom.